The number of rotatable bonds is 6. The molecule has 0 radical (unpaired) electrons. The first-order valence-corrected chi connectivity index (χ1v) is 9.05. The molecule has 0 aliphatic carbocycles. The third-order valence-corrected chi connectivity index (χ3v) is 4.53. The lowest BCUT2D eigenvalue weighted by Gasteiger charge is -2.06. The number of anilines is 1. The lowest BCUT2D eigenvalue weighted by Crippen LogP contribution is -2.16. The molecule has 3 aromatic rings. The Hall–Kier alpha value is -2.66. The summed E-state index contributed by atoms with van der Waals surface area (Å²) < 4.78 is 15.8. The Morgan fingerprint density at radius 1 is 1.42 bits per heavy atom. The van der Waals surface area contributed by atoms with Gasteiger partial charge in [-0.25, -0.2) is 9.37 Å². The fourth-order valence-corrected chi connectivity index (χ4v) is 2.99. The summed E-state index contributed by atoms with van der Waals surface area (Å²) in [6.45, 7) is 2.23. The summed E-state index contributed by atoms with van der Waals surface area (Å²) in [5.74, 6) is -0.0225. The van der Waals surface area contributed by atoms with Crippen molar-refractivity contribution in [1.29, 1.82) is 5.26 Å². The lowest BCUT2D eigenvalue weighted by atomic mass is 10.2. The molecular weight excluding hydrogens is 401 g/mol. The molecule has 0 unspecified atom stereocenters. The molecule has 134 valence electrons. The molecule has 0 aliphatic heterocycles. The molecule has 0 amide bonds. The molecular formula is C18H17BrFN5O. The number of aromatic nitrogens is 3. The maximum atomic E-state index is 14.0. The maximum Gasteiger partial charge on any atom is 0.272 e. The van der Waals surface area contributed by atoms with Gasteiger partial charge in [0.05, 0.1) is 0 Å². The summed E-state index contributed by atoms with van der Waals surface area (Å²) in [4.78, 5) is 16.7. The van der Waals surface area contributed by atoms with Crippen LogP contribution in [0.1, 0.15) is 36.6 Å². The van der Waals surface area contributed by atoms with Gasteiger partial charge in [0.2, 0.25) is 0 Å². The van der Waals surface area contributed by atoms with E-state index in [4.69, 9.17) is 0 Å². The molecule has 0 spiro atoms. The normalized spacial score (nSPS) is 10.8. The fraction of sp³-hybridized carbons (Fsp3) is 0.278. The molecule has 2 aromatic heterocycles. The van der Waals surface area contributed by atoms with Gasteiger partial charge in [-0.05, 0) is 25.0 Å². The summed E-state index contributed by atoms with van der Waals surface area (Å²) in [6, 6.07) is 8.30. The molecule has 0 atom stereocenters. The van der Waals surface area contributed by atoms with Crippen molar-refractivity contribution < 1.29 is 4.39 Å². The van der Waals surface area contributed by atoms with Gasteiger partial charge < -0.3 is 5.32 Å². The predicted molar refractivity (Wildman–Crippen MR) is 101 cm³/mol. The second kappa shape index (κ2) is 7.70. The summed E-state index contributed by atoms with van der Waals surface area (Å²) in [7, 11) is 0. The van der Waals surface area contributed by atoms with E-state index in [1.165, 1.54) is 16.6 Å². The van der Waals surface area contributed by atoms with Crippen LogP contribution >= 0.6 is 15.9 Å². The Kier molecular flexibility index (Phi) is 5.38. The number of hydrogen-bond donors (Lipinski definition) is 2. The molecule has 0 saturated carbocycles. The van der Waals surface area contributed by atoms with Gasteiger partial charge in [-0.2, -0.15) is 9.78 Å². The van der Waals surface area contributed by atoms with Crippen LogP contribution in [0.25, 0.3) is 5.65 Å². The smallest absolute Gasteiger partial charge is 0.272 e. The number of H-pyrrole nitrogens is 1. The number of nitriles is 1. The number of hydrogen-bond acceptors (Lipinski definition) is 4. The molecule has 3 rings (SSSR count). The SMILES string of the molecule is CCCCc1cc(=O)n2[nH]c(NCc3ccc(Br)cc3F)c(C#N)c2n1. The van der Waals surface area contributed by atoms with Gasteiger partial charge in [0, 0.05) is 28.3 Å². The standard InChI is InChI=1S/C18H17BrFN5O/c1-2-3-4-13-8-16(26)25-18(23-13)14(9-21)17(24-25)22-10-11-5-6-12(19)7-15(11)20/h5-8,22,24H,2-4,10H2,1H3. The van der Waals surface area contributed by atoms with Crippen molar-refractivity contribution in [2.75, 3.05) is 5.32 Å². The van der Waals surface area contributed by atoms with Crippen LogP contribution in [0.2, 0.25) is 0 Å². The molecule has 0 saturated heterocycles. The van der Waals surface area contributed by atoms with Crippen molar-refractivity contribution in [3.8, 4) is 6.07 Å². The zero-order valence-corrected chi connectivity index (χ0v) is 15.7. The van der Waals surface area contributed by atoms with Crippen molar-refractivity contribution in [3.05, 3.63) is 61.7 Å². The van der Waals surface area contributed by atoms with Gasteiger partial charge in [0.25, 0.3) is 5.56 Å². The average molecular weight is 418 g/mol. The number of fused-ring (bicyclic) bond motifs is 1. The van der Waals surface area contributed by atoms with Crippen molar-refractivity contribution in [3.63, 3.8) is 0 Å². The first kappa shape index (κ1) is 18.1. The minimum absolute atomic E-state index is 0.165. The van der Waals surface area contributed by atoms with Gasteiger partial charge >= 0.3 is 0 Å². The van der Waals surface area contributed by atoms with Gasteiger partial charge in [-0.3, -0.25) is 9.89 Å². The van der Waals surface area contributed by atoms with Crippen LogP contribution in [-0.4, -0.2) is 14.6 Å². The van der Waals surface area contributed by atoms with Crippen LogP contribution in [-0.2, 0) is 13.0 Å². The van der Waals surface area contributed by atoms with E-state index in [2.05, 4.69) is 44.3 Å². The van der Waals surface area contributed by atoms with Crippen molar-refractivity contribution >= 4 is 27.4 Å². The predicted octanol–water partition coefficient (Wildman–Crippen LogP) is 3.75. The average Bonchev–Trinajstić information content (AvgIpc) is 2.97. The molecule has 26 heavy (non-hydrogen) atoms. The highest BCUT2D eigenvalue weighted by Crippen LogP contribution is 2.20. The van der Waals surface area contributed by atoms with Gasteiger partial charge in [-0.1, -0.05) is 35.3 Å². The van der Waals surface area contributed by atoms with Crippen molar-refractivity contribution in [2.45, 2.75) is 32.7 Å². The van der Waals surface area contributed by atoms with Crippen LogP contribution in [0, 0.1) is 17.1 Å². The first-order valence-electron chi connectivity index (χ1n) is 8.26. The molecule has 0 aliphatic rings. The maximum absolute atomic E-state index is 14.0. The third-order valence-electron chi connectivity index (χ3n) is 4.04. The number of benzene rings is 1. The van der Waals surface area contributed by atoms with Gasteiger partial charge in [0.15, 0.2) is 5.65 Å². The molecule has 2 heterocycles. The van der Waals surface area contributed by atoms with Crippen LogP contribution in [0.15, 0.2) is 33.5 Å². The van der Waals surface area contributed by atoms with E-state index in [9.17, 15) is 14.4 Å². The van der Waals surface area contributed by atoms with Crippen LogP contribution in [0.4, 0.5) is 10.2 Å². The molecule has 0 fully saturated rings. The van der Waals surface area contributed by atoms with Gasteiger partial charge in [-0.15, -0.1) is 0 Å². The van der Waals surface area contributed by atoms with Crippen molar-refractivity contribution in [1.82, 2.24) is 14.6 Å². The quantitative estimate of drug-likeness (QED) is 0.639. The largest absolute Gasteiger partial charge is 0.365 e. The number of aryl methyl sites for hydroxylation is 1. The summed E-state index contributed by atoms with van der Waals surface area (Å²) >= 11 is 3.21. The molecule has 1 aromatic carbocycles. The van der Waals surface area contributed by atoms with Crippen LogP contribution in [0.5, 0.6) is 0 Å². The summed E-state index contributed by atoms with van der Waals surface area (Å²) in [5, 5.41) is 15.3. The van der Waals surface area contributed by atoms with Crippen molar-refractivity contribution in [2.24, 2.45) is 0 Å². The van der Waals surface area contributed by atoms with E-state index >= 15 is 0 Å². The highest BCUT2D eigenvalue weighted by atomic mass is 79.9. The first-order chi connectivity index (χ1) is 12.5. The summed E-state index contributed by atoms with van der Waals surface area (Å²) in [6.07, 6.45) is 2.60. The molecule has 2 N–H and O–H groups in total. The van der Waals surface area contributed by atoms with E-state index in [0.717, 1.165) is 12.8 Å². The molecule has 6 nitrogen and oxygen atoms in total. The van der Waals surface area contributed by atoms with E-state index in [0.29, 0.717) is 28.0 Å². The number of unbranched alkanes of at least 4 members (excludes halogenated alkanes) is 1. The Balaban J connectivity index is 1.94. The zero-order chi connectivity index (χ0) is 18.7. The fourth-order valence-electron chi connectivity index (χ4n) is 2.65. The number of halogens is 2. The third kappa shape index (κ3) is 3.63. The van der Waals surface area contributed by atoms with E-state index in [1.54, 1.807) is 12.1 Å². The minimum Gasteiger partial charge on any atom is -0.365 e. The molecule has 8 heteroatoms. The Morgan fingerprint density at radius 2 is 2.23 bits per heavy atom. The monoisotopic (exact) mass is 417 g/mol. The molecule has 0 bridgehead atoms. The minimum atomic E-state index is -0.362. The summed E-state index contributed by atoms with van der Waals surface area (Å²) in [5.41, 5.74) is 1.35. The zero-order valence-electron chi connectivity index (χ0n) is 14.1. The second-order valence-electron chi connectivity index (χ2n) is 5.91. The number of nitrogens with zero attached hydrogens (tertiary/aromatic N) is 3. The topological polar surface area (TPSA) is 86.0 Å². The van der Waals surface area contributed by atoms with Gasteiger partial charge in [0.1, 0.15) is 23.3 Å². The van der Waals surface area contributed by atoms with E-state index in [-0.39, 0.29) is 29.1 Å². The van der Waals surface area contributed by atoms with E-state index in [1.807, 2.05) is 0 Å². The van der Waals surface area contributed by atoms with E-state index < -0.39 is 0 Å². The number of aromatic amines is 1. The Bertz CT molecular complexity index is 1050. The lowest BCUT2D eigenvalue weighted by molar-refractivity contribution is 0.612. The second-order valence-corrected chi connectivity index (χ2v) is 6.83. The Labute approximate surface area is 157 Å². The Morgan fingerprint density at radius 3 is 2.92 bits per heavy atom. The highest BCUT2D eigenvalue weighted by molar-refractivity contribution is 9.10. The highest BCUT2D eigenvalue weighted by Gasteiger charge is 2.15. The number of nitrogens with one attached hydrogen (secondary N) is 2. The van der Waals surface area contributed by atoms with Crippen LogP contribution in [0.3, 0.4) is 0 Å². The van der Waals surface area contributed by atoms with Crippen LogP contribution < -0.4 is 10.9 Å².